The Morgan fingerprint density at radius 2 is 1.67 bits per heavy atom. The Morgan fingerprint density at radius 1 is 0.952 bits per heavy atom. The molecule has 0 saturated heterocycles. The molecule has 2 rings (SSSR count). The Hall–Kier alpha value is -1.38. The van der Waals surface area contributed by atoms with Gasteiger partial charge in [-0.05, 0) is 44.5 Å². The van der Waals surface area contributed by atoms with Gasteiger partial charge < -0.3 is 10.1 Å². The van der Waals surface area contributed by atoms with Crippen LogP contribution in [-0.4, -0.2) is 6.10 Å². The summed E-state index contributed by atoms with van der Waals surface area (Å²) in [6.45, 7) is 6.06. The molecule has 0 aromatic heterocycles. The molecule has 0 bridgehead atoms. The van der Waals surface area contributed by atoms with E-state index in [2.05, 4.69) is 5.32 Å². The van der Waals surface area contributed by atoms with Crippen LogP contribution in [0.4, 0.5) is 5.69 Å². The lowest BCUT2D eigenvalue weighted by Gasteiger charge is -2.21. The highest BCUT2D eigenvalue weighted by molar-refractivity contribution is 6.42. The molecule has 0 fully saturated rings. The van der Waals surface area contributed by atoms with Crippen LogP contribution in [0.1, 0.15) is 32.4 Å². The first-order chi connectivity index (χ1) is 9.99. The zero-order chi connectivity index (χ0) is 15.4. The predicted octanol–water partition coefficient (Wildman–Crippen LogP) is 5.95. The molecule has 0 heterocycles. The van der Waals surface area contributed by atoms with Crippen molar-refractivity contribution in [3.8, 4) is 5.75 Å². The number of ether oxygens (including phenoxy) is 1. The van der Waals surface area contributed by atoms with Crippen molar-refractivity contribution in [2.75, 3.05) is 5.32 Å². The highest BCUT2D eigenvalue weighted by Crippen LogP contribution is 2.34. The van der Waals surface area contributed by atoms with Crippen molar-refractivity contribution < 1.29 is 4.74 Å². The molecular weight excluding hydrogens is 305 g/mol. The summed E-state index contributed by atoms with van der Waals surface area (Å²) in [4.78, 5) is 0. The molecule has 2 aromatic carbocycles. The van der Waals surface area contributed by atoms with E-state index in [9.17, 15) is 0 Å². The molecule has 1 N–H and O–H groups in total. The second-order valence-electron chi connectivity index (χ2n) is 5.17. The number of para-hydroxylation sites is 2. The lowest BCUT2D eigenvalue weighted by atomic mass is 10.1. The number of rotatable bonds is 5. The van der Waals surface area contributed by atoms with Crippen LogP contribution in [0.5, 0.6) is 5.75 Å². The van der Waals surface area contributed by atoms with Gasteiger partial charge in [0.25, 0.3) is 0 Å². The number of halogens is 2. The summed E-state index contributed by atoms with van der Waals surface area (Å²) in [6, 6.07) is 13.6. The summed E-state index contributed by atoms with van der Waals surface area (Å²) in [5.74, 6) is 0.831. The van der Waals surface area contributed by atoms with Gasteiger partial charge in [-0.3, -0.25) is 0 Å². The van der Waals surface area contributed by atoms with Gasteiger partial charge >= 0.3 is 0 Å². The summed E-state index contributed by atoms with van der Waals surface area (Å²) in [7, 11) is 0. The monoisotopic (exact) mass is 323 g/mol. The van der Waals surface area contributed by atoms with E-state index in [1.807, 2.05) is 57.2 Å². The lowest BCUT2D eigenvalue weighted by Crippen LogP contribution is -2.11. The minimum Gasteiger partial charge on any atom is -0.489 e. The first kappa shape index (κ1) is 16.0. The SMILES string of the molecule is CC(C)Oc1ccccc1NC(C)c1cccc(Cl)c1Cl. The third-order valence-electron chi connectivity index (χ3n) is 3.07. The molecule has 0 aliphatic heterocycles. The molecule has 2 nitrogen and oxygen atoms in total. The molecule has 21 heavy (non-hydrogen) atoms. The van der Waals surface area contributed by atoms with Crippen molar-refractivity contribution in [1.29, 1.82) is 0 Å². The first-order valence-electron chi connectivity index (χ1n) is 6.95. The average molecular weight is 324 g/mol. The first-order valence-corrected chi connectivity index (χ1v) is 7.70. The van der Waals surface area contributed by atoms with Gasteiger partial charge in [-0.1, -0.05) is 47.5 Å². The van der Waals surface area contributed by atoms with Crippen LogP contribution in [0, 0.1) is 0 Å². The van der Waals surface area contributed by atoms with E-state index in [1.165, 1.54) is 0 Å². The number of hydrogen-bond acceptors (Lipinski definition) is 2. The van der Waals surface area contributed by atoms with Gasteiger partial charge in [0.1, 0.15) is 5.75 Å². The van der Waals surface area contributed by atoms with Crippen molar-refractivity contribution in [2.24, 2.45) is 0 Å². The fraction of sp³-hybridized carbons (Fsp3) is 0.294. The Balaban J connectivity index is 2.23. The maximum atomic E-state index is 6.28. The molecule has 0 amide bonds. The quantitative estimate of drug-likeness (QED) is 0.733. The number of nitrogens with one attached hydrogen (secondary N) is 1. The fourth-order valence-corrected chi connectivity index (χ4v) is 2.58. The van der Waals surface area contributed by atoms with Crippen LogP contribution in [0.3, 0.4) is 0 Å². The van der Waals surface area contributed by atoms with Crippen molar-refractivity contribution in [3.05, 3.63) is 58.1 Å². The summed E-state index contributed by atoms with van der Waals surface area (Å²) < 4.78 is 5.81. The standard InChI is InChI=1S/C17H19Cl2NO/c1-11(2)21-16-10-5-4-9-15(16)20-12(3)13-7-6-8-14(18)17(13)19/h4-12,20H,1-3H3. The van der Waals surface area contributed by atoms with Gasteiger partial charge in [-0.2, -0.15) is 0 Å². The van der Waals surface area contributed by atoms with Crippen LogP contribution < -0.4 is 10.1 Å². The van der Waals surface area contributed by atoms with Gasteiger partial charge in [-0.25, -0.2) is 0 Å². The second kappa shape index (κ2) is 7.06. The van der Waals surface area contributed by atoms with E-state index in [-0.39, 0.29) is 12.1 Å². The smallest absolute Gasteiger partial charge is 0.142 e. The third-order valence-corrected chi connectivity index (χ3v) is 3.90. The van der Waals surface area contributed by atoms with Gasteiger partial charge in [-0.15, -0.1) is 0 Å². The normalized spacial score (nSPS) is 12.3. The van der Waals surface area contributed by atoms with E-state index >= 15 is 0 Å². The van der Waals surface area contributed by atoms with E-state index in [0.29, 0.717) is 10.0 Å². The van der Waals surface area contributed by atoms with E-state index in [1.54, 1.807) is 6.07 Å². The average Bonchev–Trinajstić information content (AvgIpc) is 2.43. The van der Waals surface area contributed by atoms with E-state index < -0.39 is 0 Å². The van der Waals surface area contributed by atoms with Gasteiger partial charge in [0.05, 0.1) is 27.9 Å². The number of benzene rings is 2. The highest BCUT2D eigenvalue weighted by Gasteiger charge is 2.14. The third kappa shape index (κ3) is 4.05. The Labute approximate surface area is 136 Å². The molecule has 1 unspecified atom stereocenters. The number of anilines is 1. The van der Waals surface area contributed by atoms with Crippen LogP contribution in [0.2, 0.25) is 10.0 Å². The zero-order valence-corrected chi connectivity index (χ0v) is 13.9. The van der Waals surface area contributed by atoms with Crippen molar-refractivity contribution in [1.82, 2.24) is 0 Å². The van der Waals surface area contributed by atoms with Crippen molar-refractivity contribution in [2.45, 2.75) is 32.9 Å². The maximum Gasteiger partial charge on any atom is 0.142 e. The summed E-state index contributed by atoms with van der Waals surface area (Å²) in [5.41, 5.74) is 1.90. The van der Waals surface area contributed by atoms with Crippen LogP contribution in [0.15, 0.2) is 42.5 Å². The minimum atomic E-state index is 0.0214. The molecule has 0 saturated carbocycles. The minimum absolute atomic E-state index is 0.0214. The summed E-state index contributed by atoms with van der Waals surface area (Å²) in [5, 5.41) is 4.58. The van der Waals surface area contributed by atoms with Crippen molar-refractivity contribution in [3.63, 3.8) is 0 Å². The zero-order valence-electron chi connectivity index (χ0n) is 12.4. The molecule has 0 radical (unpaired) electrons. The van der Waals surface area contributed by atoms with E-state index in [0.717, 1.165) is 17.0 Å². The summed E-state index contributed by atoms with van der Waals surface area (Å²) >= 11 is 12.4. The molecule has 0 aliphatic carbocycles. The molecule has 0 aliphatic rings. The molecular formula is C17H19Cl2NO. The molecule has 112 valence electrons. The predicted molar refractivity (Wildman–Crippen MR) is 90.7 cm³/mol. The van der Waals surface area contributed by atoms with Gasteiger partial charge in [0, 0.05) is 0 Å². The van der Waals surface area contributed by atoms with E-state index in [4.69, 9.17) is 27.9 Å². The van der Waals surface area contributed by atoms with Crippen LogP contribution in [-0.2, 0) is 0 Å². The summed E-state index contributed by atoms with van der Waals surface area (Å²) in [6.07, 6.45) is 0.123. The molecule has 1 atom stereocenters. The Morgan fingerprint density at radius 3 is 2.38 bits per heavy atom. The topological polar surface area (TPSA) is 21.3 Å². The molecule has 2 aromatic rings. The van der Waals surface area contributed by atoms with Crippen LogP contribution in [0.25, 0.3) is 0 Å². The van der Waals surface area contributed by atoms with Crippen molar-refractivity contribution >= 4 is 28.9 Å². The largest absolute Gasteiger partial charge is 0.489 e. The Kier molecular flexibility index (Phi) is 5.38. The second-order valence-corrected chi connectivity index (χ2v) is 5.96. The van der Waals surface area contributed by atoms with Crippen LogP contribution >= 0.6 is 23.2 Å². The fourth-order valence-electron chi connectivity index (χ4n) is 2.11. The lowest BCUT2D eigenvalue weighted by molar-refractivity contribution is 0.243. The highest BCUT2D eigenvalue weighted by atomic mass is 35.5. The molecule has 4 heteroatoms. The van der Waals surface area contributed by atoms with Gasteiger partial charge in [0.2, 0.25) is 0 Å². The van der Waals surface area contributed by atoms with Gasteiger partial charge in [0.15, 0.2) is 0 Å². The molecule has 0 spiro atoms. The Bertz CT molecular complexity index is 613. The maximum absolute atomic E-state index is 6.28. The number of hydrogen-bond donors (Lipinski definition) is 1.